The molecule has 2 aliphatic heterocycles. The minimum atomic E-state index is -0.119. The average molecular weight is 362 g/mol. The molecule has 5 nitrogen and oxygen atoms in total. The van der Waals surface area contributed by atoms with Gasteiger partial charge in [-0.3, -0.25) is 4.79 Å². The number of rotatable bonds is 2. The molecule has 5 rings (SSSR count). The lowest BCUT2D eigenvalue weighted by Crippen LogP contribution is -2.55. The molecule has 2 aromatic carbocycles. The van der Waals surface area contributed by atoms with Crippen LogP contribution >= 0.6 is 0 Å². The van der Waals surface area contributed by atoms with Gasteiger partial charge in [0.1, 0.15) is 6.04 Å². The highest BCUT2D eigenvalue weighted by Crippen LogP contribution is 2.39. The van der Waals surface area contributed by atoms with Crippen molar-refractivity contribution in [1.82, 2.24) is 15.8 Å². The molecule has 5 heteroatoms. The molecule has 0 radical (unpaired) electrons. The van der Waals surface area contributed by atoms with Crippen LogP contribution in [0.15, 0.2) is 54.6 Å². The van der Waals surface area contributed by atoms with Gasteiger partial charge in [-0.1, -0.05) is 42.5 Å². The number of carbonyl (C=O) groups excluding carboxylic acids is 1. The zero-order valence-electron chi connectivity index (χ0n) is 15.5. The van der Waals surface area contributed by atoms with Crippen molar-refractivity contribution in [1.29, 1.82) is 0 Å². The maximum Gasteiger partial charge on any atom is 0.241 e. The molecule has 2 heterocycles. The number of piperazine rings is 1. The van der Waals surface area contributed by atoms with Gasteiger partial charge in [-0.15, -0.1) is 0 Å². The number of anilines is 1. The van der Waals surface area contributed by atoms with Crippen LogP contribution < -0.4 is 15.8 Å². The number of hydrogen-bond donors (Lipinski definition) is 2. The molecule has 0 aromatic heterocycles. The first-order valence-corrected chi connectivity index (χ1v) is 9.99. The van der Waals surface area contributed by atoms with Crippen molar-refractivity contribution < 1.29 is 4.79 Å². The molecule has 2 N–H and O–H groups in total. The highest BCUT2D eigenvalue weighted by Gasteiger charge is 2.44. The lowest BCUT2D eigenvalue weighted by atomic mass is 9.77. The van der Waals surface area contributed by atoms with E-state index in [1.54, 1.807) is 0 Å². The van der Waals surface area contributed by atoms with E-state index in [0.717, 1.165) is 39.0 Å². The lowest BCUT2D eigenvalue weighted by molar-refractivity contribution is -0.134. The predicted octanol–water partition coefficient (Wildman–Crippen LogP) is 2.12. The highest BCUT2D eigenvalue weighted by atomic mass is 16.2. The second kappa shape index (κ2) is 6.98. The first kappa shape index (κ1) is 16.8. The number of nitrogens with zero attached hydrogens (tertiary/aromatic N) is 2. The molecular weight excluding hydrogens is 336 g/mol. The van der Waals surface area contributed by atoms with E-state index in [-0.39, 0.29) is 18.0 Å². The van der Waals surface area contributed by atoms with Gasteiger partial charge < -0.3 is 9.80 Å². The highest BCUT2D eigenvalue weighted by molar-refractivity contribution is 5.83. The quantitative estimate of drug-likeness (QED) is 0.859. The maximum atomic E-state index is 13.2. The van der Waals surface area contributed by atoms with Gasteiger partial charge in [-0.25, -0.2) is 10.9 Å². The predicted molar refractivity (Wildman–Crippen MR) is 106 cm³/mol. The summed E-state index contributed by atoms with van der Waals surface area (Å²) in [5.41, 5.74) is 10.7. The Bertz CT molecular complexity index is 816. The van der Waals surface area contributed by atoms with Crippen LogP contribution in [0.5, 0.6) is 0 Å². The van der Waals surface area contributed by atoms with Crippen LogP contribution in [0.1, 0.15) is 23.6 Å². The van der Waals surface area contributed by atoms with Crippen molar-refractivity contribution >= 4 is 11.6 Å². The van der Waals surface area contributed by atoms with E-state index >= 15 is 0 Å². The lowest BCUT2D eigenvalue weighted by Gasteiger charge is -2.38. The molecule has 0 bridgehead atoms. The van der Waals surface area contributed by atoms with Crippen molar-refractivity contribution in [2.24, 2.45) is 5.92 Å². The summed E-state index contributed by atoms with van der Waals surface area (Å²) >= 11 is 0. The molecule has 2 fully saturated rings. The van der Waals surface area contributed by atoms with Gasteiger partial charge >= 0.3 is 0 Å². The third kappa shape index (κ3) is 3.01. The summed E-state index contributed by atoms with van der Waals surface area (Å²) in [4.78, 5) is 17.6. The molecule has 2 saturated heterocycles. The Hall–Kier alpha value is -2.37. The Kier molecular flexibility index (Phi) is 4.34. The van der Waals surface area contributed by atoms with Crippen LogP contribution in [-0.2, 0) is 11.2 Å². The SMILES string of the molecule is O=C(C1NNC2c3ccccc3CCC12)N1CCN(c2ccccc2)CC1. The Morgan fingerprint density at radius 2 is 1.63 bits per heavy atom. The minimum absolute atomic E-state index is 0.119. The summed E-state index contributed by atoms with van der Waals surface area (Å²) in [6.45, 7) is 3.37. The van der Waals surface area contributed by atoms with Crippen molar-refractivity contribution in [3.8, 4) is 0 Å². The van der Waals surface area contributed by atoms with Gasteiger partial charge in [-0.05, 0) is 36.1 Å². The molecule has 0 saturated carbocycles. The van der Waals surface area contributed by atoms with E-state index in [4.69, 9.17) is 0 Å². The van der Waals surface area contributed by atoms with E-state index in [1.165, 1.54) is 16.8 Å². The number of fused-ring (bicyclic) bond motifs is 3. The second-order valence-electron chi connectivity index (χ2n) is 7.79. The number of benzene rings is 2. The third-order valence-electron chi connectivity index (χ3n) is 6.37. The van der Waals surface area contributed by atoms with Crippen LogP contribution in [0.2, 0.25) is 0 Å². The molecule has 3 atom stereocenters. The Morgan fingerprint density at radius 3 is 2.44 bits per heavy atom. The summed E-state index contributed by atoms with van der Waals surface area (Å²) < 4.78 is 0. The molecule has 140 valence electrons. The standard InChI is InChI=1S/C22H26N4O/c27-22(26-14-12-25(13-15-26)17-7-2-1-3-8-17)21-19-11-10-16-6-4-5-9-18(16)20(19)23-24-21/h1-9,19-21,23-24H,10-15H2. The molecule has 3 unspecified atom stereocenters. The number of amides is 1. The van der Waals surface area contributed by atoms with Crippen LogP contribution in [-0.4, -0.2) is 43.0 Å². The van der Waals surface area contributed by atoms with Crippen LogP contribution in [0.3, 0.4) is 0 Å². The first-order valence-electron chi connectivity index (χ1n) is 9.99. The van der Waals surface area contributed by atoms with E-state index in [2.05, 4.69) is 64.3 Å². The van der Waals surface area contributed by atoms with Gasteiger partial charge in [-0.2, -0.15) is 0 Å². The third-order valence-corrected chi connectivity index (χ3v) is 6.37. The van der Waals surface area contributed by atoms with Gasteiger partial charge in [0, 0.05) is 37.8 Å². The second-order valence-corrected chi connectivity index (χ2v) is 7.79. The summed E-state index contributed by atoms with van der Waals surface area (Å²) in [6.07, 6.45) is 2.12. The number of carbonyl (C=O) groups is 1. The molecule has 0 spiro atoms. The summed E-state index contributed by atoms with van der Waals surface area (Å²) in [5, 5.41) is 0. The molecule has 1 aliphatic carbocycles. The topological polar surface area (TPSA) is 47.6 Å². The number of para-hydroxylation sites is 1. The molecule has 1 amide bonds. The zero-order chi connectivity index (χ0) is 18.2. The molecule has 3 aliphatic rings. The van der Waals surface area contributed by atoms with Gasteiger partial charge in [0.15, 0.2) is 0 Å². The number of hydrogen-bond acceptors (Lipinski definition) is 4. The smallest absolute Gasteiger partial charge is 0.241 e. The van der Waals surface area contributed by atoms with Crippen LogP contribution in [0.25, 0.3) is 0 Å². The molecular formula is C22H26N4O. The van der Waals surface area contributed by atoms with Crippen molar-refractivity contribution in [2.75, 3.05) is 31.1 Å². The first-order chi connectivity index (χ1) is 13.3. The van der Waals surface area contributed by atoms with Crippen molar-refractivity contribution in [3.05, 3.63) is 65.7 Å². The fourth-order valence-electron chi connectivity index (χ4n) is 4.88. The molecule has 27 heavy (non-hydrogen) atoms. The normalized spacial score (nSPS) is 27.2. The summed E-state index contributed by atoms with van der Waals surface area (Å²) in [6, 6.07) is 19.2. The van der Waals surface area contributed by atoms with E-state index < -0.39 is 0 Å². The van der Waals surface area contributed by atoms with E-state index in [1.807, 2.05) is 11.0 Å². The fourth-order valence-corrected chi connectivity index (χ4v) is 4.88. The van der Waals surface area contributed by atoms with Gasteiger partial charge in [0.2, 0.25) is 5.91 Å². The Balaban J connectivity index is 1.25. The number of hydrazine groups is 1. The van der Waals surface area contributed by atoms with Crippen LogP contribution in [0.4, 0.5) is 5.69 Å². The summed E-state index contributed by atoms with van der Waals surface area (Å²) in [5.74, 6) is 0.585. The Labute approximate surface area is 160 Å². The number of aryl methyl sites for hydroxylation is 1. The number of nitrogens with one attached hydrogen (secondary N) is 2. The van der Waals surface area contributed by atoms with Crippen molar-refractivity contribution in [2.45, 2.75) is 24.9 Å². The minimum Gasteiger partial charge on any atom is -0.368 e. The monoisotopic (exact) mass is 362 g/mol. The maximum absolute atomic E-state index is 13.2. The zero-order valence-corrected chi connectivity index (χ0v) is 15.5. The van der Waals surface area contributed by atoms with Gasteiger partial charge in [0.25, 0.3) is 0 Å². The molecule has 2 aromatic rings. The fraction of sp³-hybridized carbons (Fsp3) is 0.409. The largest absolute Gasteiger partial charge is 0.368 e. The average Bonchev–Trinajstić information content (AvgIpc) is 3.19. The van der Waals surface area contributed by atoms with E-state index in [9.17, 15) is 4.79 Å². The summed E-state index contributed by atoms with van der Waals surface area (Å²) in [7, 11) is 0. The van der Waals surface area contributed by atoms with Crippen molar-refractivity contribution in [3.63, 3.8) is 0 Å². The van der Waals surface area contributed by atoms with Crippen LogP contribution in [0, 0.1) is 5.92 Å². The Morgan fingerprint density at radius 1 is 0.889 bits per heavy atom. The van der Waals surface area contributed by atoms with E-state index in [0.29, 0.717) is 5.92 Å². The van der Waals surface area contributed by atoms with Gasteiger partial charge in [0.05, 0.1) is 6.04 Å².